The molecule has 2 aliphatic rings. The Morgan fingerprint density at radius 2 is 1.62 bits per heavy atom. The molecule has 0 aromatic heterocycles. The maximum absolute atomic E-state index is 12.7. The van der Waals surface area contributed by atoms with Crippen molar-refractivity contribution in [2.24, 2.45) is 0 Å². The molecule has 1 saturated carbocycles. The molecule has 0 spiro atoms. The van der Waals surface area contributed by atoms with E-state index in [1.165, 1.54) is 0 Å². The quantitative estimate of drug-likeness (QED) is 0.711. The van der Waals surface area contributed by atoms with Crippen molar-refractivity contribution in [1.29, 1.82) is 0 Å². The largest absolute Gasteiger partial charge is 0.497 e. The summed E-state index contributed by atoms with van der Waals surface area (Å²) >= 11 is 0. The highest BCUT2D eigenvalue weighted by Gasteiger charge is 2.25. The van der Waals surface area contributed by atoms with Crippen molar-refractivity contribution in [2.75, 3.05) is 33.3 Å². The zero-order valence-corrected chi connectivity index (χ0v) is 18.1. The Bertz CT molecular complexity index is 1020. The van der Waals surface area contributed by atoms with Crippen LogP contribution in [-0.4, -0.2) is 66.9 Å². The molecule has 0 unspecified atom stereocenters. The van der Waals surface area contributed by atoms with E-state index in [0.717, 1.165) is 18.4 Å². The van der Waals surface area contributed by atoms with Crippen LogP contribution in [0.2, 0.25) is 0 Å². The summed E-state index contributed by atoms with van der Waals surface area (Å²) in [6.45, 7) is 1.94. The molecule has 32 heavy (non-hydrogen) atoms. The van der Waals surface area contributed by atoms with E-state index >= 15 is 0 Å². The van der Waals surface area contributed by atoms with E-state index in [0.29, 0.717) is 49.1 Å². The number of carbonyl (C=O) groups is 3. The number of nitrogens with zero attached hydrogens (tertiary/aromatic N) is 2. The second-order valence-electron chi connectivity index (χ2n) is 8.05. The van der Waals surface area contributed by atoms with Gasteiger partial charge in [-0.15, -0.1) is 0 Å². The first kappa shape index (κ1) is 21.6. The zero-order chi connectivity index (χ0) is 22.5. The fraction of sp³-hybridized carbons (Fsp3) is 0.320. The highest BCUT2D eigenvalue weighted by molar-refractivity contribution is 5.96. The number of ether oxygens (including phenoxy) is 1. The van der Waals surface area contributed by atoms with E-state index in [-0.39, 0.29) is 17.7 Å². The topological polar surface area (TPSA) is 79.0 Å². The molecule has 7 heteroatoms. The van der Waals surface area contributed by atoms with Gasteiger partial charge in [-0.05, 0) is 54.8 Å². The number of nitrogens with one attached hydrogen (secondary N) is 1. The number of hydrogen-bond donors (Lipinski definition) is 1. The maximum atomic E-state index is 12.7. The normalized spacial score (nSPS) is 16.2. The van der Waals surface area contributed by atoms with Gasteiger partial charge in [0.25, 0.3) is 11.8 Å². The molecule has 4 rings (SSSR count). The third kappa shape index (κ3) is 5.35. The third-order valence-electron chi connectivity index (χ3n) is 5.70. The maximum Gasteiger partial charge on any atom is 0.254 e. The molecule has 7 nitrogen and oxygen atoms in total. The van der Waals surface area contributed by atoms with Crippen LogP contribution in [0.1, 0.15) is 39.1 Å². The Hall–Kier alpha value is -3.61. The lowest BCUT2D eigenvalue weighted by Gasteiger charge is -2.34. The van der Waals surface area contributed by atoms with Crippen molar-refractivity contribution in [3.05, 3.63) is 71.3 Å². The van der Waals surface area contributed by atoms with Crippen LogP contribution < -0.4 is 10.1 Å². The number of amides is 3. The van der Waals surface area contributed by atoms with Crippen molar-refractivity contribution >= 4 is 23.8 Å². The lowest BCUT2D eigenvalue weighted by molar-refractivity contribution is -0.127. The average Bonchev–Trinajstić information content (AvgIpc) is 3.66. The predicted octanol–water partition coefficient (Wildman–Crippen LogP) is 2.59. The van der Waals surface area contributed by atoms with Gasteiger partial charge in [-0.2, -0.15) is 0 Å². The number of benzene rings is 2. The van der Waals surface area contributed by atoms with Gasteiger partial charge < -0.3 is 19.9 Å². The number of carbonyl (C=O) groups excluding carboxylic acids is 3. The summed E-state index contributed by atoms with van der Waals surface area (Å²) in [7, 11) is 1.57. The number of piperazine rings is 1. The van der Waals surface area contributed by atoms with Gasteiger partial charge in [0.2, 0.25) is 5.91 Å². The SMILES string of the molecule is COc1cccc(C(=O)N2CCN(C(=O)/C=C/c3ccc(C(=O)NC4CC4)cc3)CC2)c1. The first-order valence-corrected chi connectivity index (χ1v) is 10.8. The van der Waals surface area contributed by atoms with Gasteiger partial charge in [-0.1, -0.05) is 18.2 Å². The van der Waals surface area contributed by atoms with E-state index < -0.39 is 0 Å². The van der Waals surface area contributed by atoms with E-state index in [4.69, 9.17) is 4.74 Å². The Morgan fingerprint density at radius 3 is 2.28 bits per heavy atom. The standard InChI is InChI=1S/C25H27N3O4/c1-32-22-4-2-3-20(17-22)25(31)28-15-13-27(14-16-28)23(29)12-7-18-5-8-19(9-6-18)24(30)26-21-10-11-21/h2-9,12,17,21H,10-11,13-16H2,1H3,(H,26,30)/b12-7+. The van der Waals surface area contributed by atoms with Crippen molar-refractivity contribution in [1.82, 2.24) is 15.1 Å². The Kier molecular flexibility index (Phi) is 6.54. The minimum Gasteiger partial charge on any atom is -0.497 e. The zero-order valence-electron chi connectivity index (χ0n) is 18.1. The fourth-order valence-electron chi connectivity index (χ4n) is 3.58. The molecule has 0 bridgehead atoms. The van der Waals surface area contributed by atoms with E-state index in [1.807, 2.05) is 12.1 Å². The molecule has 1 aliphatic heterocycles. The minimum absolute atomic E-state index is 0.0551. The molecule has 1 saturated heterocycles. The van der Waals surface area contributed by atoms with Crippen LogP contribution in [0.3, 0.4) is 0 Å². The van der Waals surface area contributed by atoms with Crippen LogP contribution in [-0.2, 0) is 4.79 Å². The second kappa shape index (κ2) is 9.68. The highest BCUT2D eigenvalue weighted by atomic mass is 16.5. The molecular weight excluding hydrogens is 406 g/mol. The van der Waals surface area contributed by atoms with Gasteiger partial charge in [-0.3, -0.25) is 14.4 Å². The van der Waals surface area contributed by atoms with E-state index in [1.54, 1.807) is 65.5 Å². The van der Waals surface area contributed by atoms with Crippen LogP contribution in [0.25, 0.3) is 6.08 Å². The van der Waals surface area contributed by atoms with Crippen LogP contribution in [0.5, 0.6) is 5.75 Å². The van der Waals surface area contributed by atoms with E-state index in [9.17, 15) is 14.4 Å². The van der Waals surface area contributed by atoms with Gasteiger partial charge in [0.1, 0.15) is 5.75 Å². The third-order valence-corrected chi connectivity index (χ3v) is 5.70. The van der Waals surface area contributed by atoms with Crippen molar-refractivity contribution < 1.29 is 19.1 Å². The first-order chi connectivity index (χ1) is 15.5. The lowest BCUT2D eigenvalue weighted by Crippen LogP contribution is -2.50. The van der Waals surface area contributed by atoms with Crippen molar-refractivity contribution in [3.63, 3.8) is 0 Å². The molecule has 166 valence electrons. The predicted molar refractivity (Wildman–Crippen MR) is 121 cm³/mol. The van der Waals surface area contributed by atoms with Gasteiger partial charge in [0, 0.05) is 49.4 Å². The Morgan fingerprint density at radius 1 is 0.938 bits per heavy atom. The summed E-state index contributed by atoms with van der Waals surface area (Å²) in [5.74, 6) is 0.443. The van der Waals surface area contributed by atoms with Crippen LogP contribution >= 0.6 is 0 Å². The number of methoxy groups -OCH3 is 1. The molecule has 0 radical (unpaired) electrons. The molecular formula is C25H27N3O4. The summed E-state index contributed by atoms with van der Waals surface area (Å²) < 4.78 is 5.19. The van der Waals surface area contributed by atoms with Crippen LogP contribution in [0.4, 0.5) is 0 Å². The van der Waals surface area contributed by atoms with Crippen molar-refractivity contribution in [2.45, 2.75) is 18.9 Å². The molecule has 2 aromatic rings. The second-order valence-corrected chi connectivity index (χ2v) is 8.05. The summed E-state index contributed by atoms with van der Waals surface area (Å²) in [6.07, 6.45) is 5.40. The molecule has 1 N–H and O–H groups in total. The molecule has 2 fully saturated rings. The molecule has 2 aromatic carbocycles. The Balaban J connectivity index is 1.28. The first-order valence-electron chi connectivity index (χ1n) is 10.8. The lowest BCUT2D eigenvalue weighted by atomic mass is 10.1. The van der Waals surface area contributed by atoms with Crippen LogP contribution in [0, 0.1) is 0 Å². The van der Waals surface area contributed by atoms with Gasteiger partial charge in [-0.25, -0.2) is 0 Å². The molecule has 1 aliphatic carbocycles. The highest BCUT2D eigenvalue weighted by Crippen LogP contribution is 2.19. The summed E-state index contributed by atoms with van der Waals surface area (Å²) in [5, 5.41) is 2.96. The number of rotatable bonds is 6. The number of hydrogen-bond acceptors (Lipinski definition) is 4. The minimum atomic E-state index is -0.0889. The smallest absolute Gasteiger partial charge is 0.254 e. The molecule has 1 heterocycles. The monoisotopic (exact) mass is 433 g/mol. The van der Waals surface area contributed by atoms with Gasteiger partial charge >= 0.3 is 0 Å². The van der Waals surface area contributed by atoms with Gasteiger partial charge in [0.15, 0.2) is 0 Å². The van der Waals surface area contributed by atoms with Crippen LogP contribution in [0.15, 0.2) is 54.6 Å². The average molecular weight is 434 g/mol. The summed E-state index contributed by atoms with van der Waals surface area (Å²) in [4.78, 5) is 40.8. The molecule has 3 amide bonds. The van der Waals surface area contributed by atoms with E-state index in [2.05, 4.69) is 5.32 Å². The Labute approximate surface area is 187 Å². The molecule has 0 atom stereocenters. The van der Waals surface area contributed by atoms with Crippen molar-refractivity contribution in [3.8, 4) is 5.75 Å². The summed E-state index contributed by atoms with van der Waals surface area (Å²) in [6, 6.07) is 14.6. The van der Waals surface area contributed by atoms with Gasteiger partial charge in [0.05, 0.1) is 7.11 Å². The summed E-state index contributed by atoms with van der Waals surface area (Å²) in [5.41, 5.74) is 2.06. The fourth-order valence-corrected chi connectivity index (χ4v) is 3.58.